The molecule has 0 amide bonds. The molecule has 1 aromatic rings. The Bertz CT molecular complexity index is 431. The third-order valence-corrected chi connectivity index (χ3v) is 3.94. The Balaban J connectivity index is 2.82. The molecule has 0 heterocycles. The van der Waals surface area contributed by atoms with E-state index in [-0.39, 0.29) is 5.41 Å². The third-order valence-electron chi connectivity index (χ3n) is 3.94. The Hall–Kier alpha value is -1.18. The molecule has 0 saturated carbocycles. The van der Waals surface area contributed by atoms with Gasteiger partial charge in [0.15, 0.2) is 0 Å². The predicted molar refractivity (Wildman–Crippen MR) is 66.1 cm³/mol. The highest BCUT2D eigenvalue weighted by molar-refractivity contribution is 5.73. The number of nitrogens with two attached hydrogens (primary N) is 2. The average Bonchev–Trinajstić information content (AvgIpc) is 2.48. The van der Waals surface area contributed by atoms with Crippen molar-refractivity contribution in [3.63, 3.8) is 0 Å². The molecule has 0 unspecified atom stereocenters. The maximum atomic E-state index is 6.22. The lowest BCUT2D eigenvalue weighted by Gasteiger charge is -2.24. The van der Waals surface area contributed by atoms with Crippen molar-refractivity contribution in [1.82, 2.24) is 0 Å². The van der Waals surface area contributed by atoms with Crippen molar-refractivity contribution in [2.45, 2.75) is 46.0 Å². The Morgan fingerprint density at radius 1 is 1.00 bits per heavy atom. The van der Waals surface area contributed by atoms with Crippen LogP contribution in [0.25, 0.3) is 0 Å². The first-order valence-electron chi connectivity index (χ1n) is 5.53. The normalized spacial score (nSPS) is 17.9. The van der Waals surface area contributed by atoms with Gasteiger partial charge in [-0.3, -0.25) is 0 Å². The minimum Gasteiger partial charge on any atom is -0.398 e. The van der Waals surface area contributed by atoms with Gasteiger partial charge in [-0.25, -0.2) is 0 Å². The summed E-state index contributed by atoms with van der Waals surface area (Å²) in [5, 5.41) is 0. The molecule has 2 rings (SSSR count). The first-order valence-corrected chi connectivity index (χ1v) is 5.53. The topological polar surface area (TPSA) is 52.0 Å². The van der Waals surface area contributed by atoms with Gasteiger partial charge in [0.2, 0.25) is 0 Å². The van der Waals surface area contributed by atoms with Gasteiger partial charge in [-0.15, -0.1) is 0 Å². The van der Waals surface area contributed by atoms with Crippen molar-refractivity contribution in [2.75, 3.05) is 11.5 Å². The molecule has 0 aliphatic heterocycles. The molecule has 0 radical (unpaired) electrons. The van der Waals surface area contributed by atoms with Crippen LogP contribution < -0.4 is 11.5 Å². The summed E-state index contributed by atoms with van der Waals surface area (Å²) < 4.78 is 0. The second-order valence-corrected chi connectivity index (χ2v) is 5.31. The molecule has 1 aromatic carbocycles. The van der Waals surface area contributed by atoms with E-state index in [9.17, 15) is 0 Å². The van der Waals surface area contributed by atoms with Crippen LogP contribution in [-0.2, 0) is 11.8 Å². The quantitative estimate of drug-likeness (QED) is 0.638. The van der Waals surface area contributed by atoms with Crippen molar-refractivity contribution in [3.8, 4) is 0 Å². The lowest BCUT2D eigenvalue weighted by Crippen LogP contribution is -2.16. The Kier molecular flexibility index (Phi) is 2.00. The molecule has 4 N–H and O–H groups in total. The van der Waals surface area contributed by atoms with Crippen LogP contribution in [0.3, 0.4) is 0 Å². The minimum atomic E-state index is 0.187. The van der Waals surface area contributed by atoms with Crippen molar-refractivity contribution in [1.29, 1.82) is 0 Å². The van der Waals surface area contributed by atoms with E-state index < -0.39 is 0 Å². The van der Waals surface area contributed by atoms with Crippen LogP contribution in [0.4, 0.5) is 11.4 Å². The number of fused-ring (bicyclic) bond motifs is 1. The molecule has 0 saturated heterocycles. The van der Waals surface area contributed by atoms with Crippen LogP contribution in [0.15, 0.2) is 0 Å². The highest BCUT2D eigenvalue weighted by atomic mass is 14.7. The molecular formula is C13H20N2. The van der Waals surface area contributed by atoms with Gasteiger partial charge in [0.05, 0.1) is 0 Å². The lowest BCUT2D eigenvalue weighted by molar-refractivity contribution is 0.523. The Morgan fingerprint density at radius 2 is 1.53 bits per heavy atom. The fourth-order valence-corrected chi connectivity index (χ4v) is 2.71. The van der Waals surface area contributed by atoms with E-state index in [1.165, 1.54) is 11.1 Å². The molecule has 0 aromatic heterocycles. The van der Waals surface area contributed by atoms with Crippen LogP contribution in [0.1, 0.15) is 42.5 Å². The summed E-state index contributed by atoms with van der Waals surface area (Å²) in [6, 6.07) is 0. The molecule has 0 atom stereocenters. The summed E-state index contributed by atoms with van der Waals surface area (Å²) in [5.41, 5.74) is 19.4. The van der Waals surface area contributed by atoms with Gasteiger partial charge in [0.1, 0.15) is 0 Å². The van der Waals surface area contributed by atoms with Crippen molar-refractivity contribution >= 4 is 11.4 Å². The molecule has 2 heteroatoms. The van der Waals surface area contributed by atoms with E-state index in [2.05, 4.69) is 27.7 Å². The van der Waals surface area contributed by atoms with E-state index >= 15 is 0 Å². The van der Waals surface area contributed by atoms with Crippen LogP contribution in [-0.4, -0.2) is 0 Å². The summed E-state index contributed by atoms with van der Waals surface area (Å²) in [5.74, 6) is 0. The molecule has 15 heavy (non-hydrogen) atoms. The van der Waals surface area contributed by atoms with E-state index in [1.807, 2.05) is 0 Å². The number of anilines is 2. The molecule has 1 aliphatic rings. The van der Waals surface area contributed by atoms with Crippen molar-refractivity contribution in [2.24, 2.45) is 0 Å². The SMILES string of the molecule is Cc1c(C)c(N)c2c(c1N)CCC2(C)C. The van der Waals surface area contributed by atoms with E-state index in [4.69, 9.17) is 11.5 Å². The zero-order valence-electron chi connectivity index (χ0n) is 10.1. The van der Waals surface area contributed by atoms with Crippen LogP contribution in [0.2, 0.25) is 0 Å². The van der Waals surface area contributed by atoms with Crippen molar-refractivity contribution < 1.29 is 0 Å². The van der Waals surface area contributed by atoms with Gasteiger partial charge < -0.3 is 11.5 Å². The Morgan fingerprint density at radius 3 is 2.13 bits per heavy atom. The smallest absolute Gasteiger partial charge is 0.0388 e. The van der Waals surface area contributed by atoms with Crippen LogP contribution >= 0.6 is 0 Å². The predicted octanol–water partition coefficient (Wildman–Crippen LogP) is 2.69. The molecule has 0 fully saturated rings. The summed E-state index contributed by atoms with van der Waals surface area (Å²) in [4.78, 5) is 0. The second-order valence-electron chi connectivity index (χ2n) is 5.31. The van der Waals surface area contributed by atoms with E-state index in [0.29, 0.717) is 0 Å². The molecule has 2 nitrogen and oxygen atoms in total. The number of hydrogen-bond donors (Lipinski definition) is 2. The standard InChI is InChI=1S/C13H20N2/c1-7-8(2)12(15)10-9(11(7)14)5-6-13(10,3)4/h5-6,14-15H2,1-4H3. The van der Waals surface area contributed by atoms with Gasteiger partial charge >= 0.3 is 0 Å². The number of hydrogen-bond acceptors (Lipinski definition) is 2. The Labute approximate surface area is 91.7 Å². The van der Waals surface area contributed by atoms with Gasteiger partial charge in [0.25, 0.3) is 0 Å². The summed E-state index contributed by atoms with van der Waals surface area (Å²) in [6.07, 6.45) is 2.22. The lowest BCUT2D eigenvalue weighted by atomic mass is 9.83. The maximum absolute atomic E-state index is 6.22. The van der Waals surface area contributed by atoms with Gasteiger partial charge in [-0.1, -0.05) is 13.8 Å². The van der Waals surface area contributed by atoms with Crippen molar-refractivity contribution in [3.05, 3.63) is 22.3 Å². The molecule has 0 bridgehead atoms. The summed E-state index contributed by atoms with van der Waals surface area (Å²) in [7, 11) is 0. The zero-order chi connectivity index (χ0) is 11.4. The van der Waals surface area contributed by atoms with E-state index in [1.54, 1.807) is 0 Å². The number of nitrogen functional groups attached to an aromatic ring is 2. The van der Waals surface area contributed by atoms with Gasteiger partial charge in [-0.2, -0.15) is 0 Å². The first-order chi connectivity index (χ1) is 6.86. The highest BCUT2D eigenvalue weighted by Crippen LogP contribution is 2.46. The van der Waals surface area contributed by atoms with Crippen LogP contribution in [0.5, 0.6) is 0 Å². The fraction of sp³-hybridized carbons (Fsp3) is 0.538. The molecule has 0 spiro atoms. The summed E-state index contributed by atoms with van der Waals surface area (Å²) >= 11 is 0. The summed E-state index contributed by atoms with van der Waals surface area (Å²) in [6.45, 7) is 8.63. The second kappa shape index (κ2) is 2.91. The van der Waals surface area contributed by atoms with E-state index in [0.717, 1.165) is 35.3 Å². The largest absolute Gasteiger partial charge is 0.398 e. The van der Waals surface area contributed by atoms with Crippen LogP contribution in [0, 0.1) is 13.8 Å². The third kappa shape index (κ3) is 1.24. The monoisotopic (exact) mass is 204 g/mol. The fourth-order valence-electron chi connectivity index (χ4n) is 2.71. The highest BCUT2D eigenvalue weighted by Gasteiger charge is 2.34. The minimum absolute atomic E-state index is 0.187. The van der Waals surface area contributed by atoms with Gasteiger partial charge in [-0.05, 0) is 54.4 Å². The first kappa shape index (κ1) is 10.3. The zero-order valence-corrected chi connectivity index (χ0v) is 10.1. The number of benzene rings is 1. The number of rotatable bonds is 0. The average molecular weight is 204 g/mol. The van der Waals surface area contributed by atoms with Gasteiger partial charge in [0, 0.05) is 11.4 Å². The molecule has 82 valence electrons. The maximum Gasteiger partial charge on any atom is 0.0388 e. The molecule has 1 aliphatic carbocycles. The molecular weight excluding hydrogens is 184 g/mol.